The Labute approximate surface area is 118 Å². The van der Waals surface area contributed by atoms with Crippen molar-refractivity contribution in [2.75, 3.05) is 0 Å². The number of halogens is 1. The zero-order valence-electron chi connectivity index (χ0n) is 10.7. The van der Waals surface area contributed by atoms with E-state index in [1.165, 1.54) is 4.52 Å². The lowest BCUT2D eigenvalue weighted by atomic mass is 10.1. The maximum Gasteiger partial charge on any atom is 0.349 e. The molecule has 4 rings (SSSR count). The Hall–Kier alpha value is -2.33. The number of hydrogen-bond acceptors (Lipinski definition) is 2. The summed E-state index contributed by atoms with van der Waals surface area (Å²) >= 11 is 6.11. The fourth-order valence-corrected chi connectivity index (χ4v) is 2.84. The molecule has 0 amide bonds. The predicted molar refractivity (Wildman–Crippen MR) is 80.5 cm³/mol. The fourth-order valence-electron chi connectivity index (χ4n) is 2.67. The molecule has 4 nitrogen and oxygen atoms in total. The Morgan fingerprint density at radius 1 is 1.10 bits per heavy atom. The van der Waals surface area contributed by atoms with Crippen LogP contribution in [0.25, 0.3) is 27.3 Å². The number of rotatable bonds is 0. The van der Waals surface area contributed by atoms with E-state index in [0.29, 0.717) is 5.02 Å². The Morgan fingerprint density at radius 2 is 1.90 bits per heavy atom. The van der Waals surface area contributed by atoms with Crippen LogP contribution in [0.5, 0.6) is 0 Å². The van der Waals surface area contributed by atoms with Crippen molar-refractivity contribution in [3.05, 3.63) is 58.0 Å². The van der Waals surface area contributed by atoms with Crippen LogP contribution >= 0.6 is 11.6 Å². The van der Waals surface area contributed by atoms with E-state index in [1.807, 2.05) is 36.4 Å². The minimum Gasteiger partial charge on any atom is -0.295 e. The van der Waals surface area contributed by atoms with E-state index in [1.54, 1.807) is 17.7 Å². The van der Waals surface area contributed by atoms with E-state index < -0.39 is 0 Å². The van der Waals surface area contributed by atoms with Crippen molar-refractivity contribution in [2.45, 2.75) is 0 Å². The molecule has 2 aromatic heterocycles. The Bertz CT molecular complexity index is 1050. The third-order valence-corrected chi connectivity index (χ3v) is 3.86. The minimum absolute atomic E-state index is 0.161. The number of hydrogen-bond donors (Lipinski definition) is 0. The summed E-state index contributed by atoms with van der Waals surface area (Å²) in [5.74, 6) is 0. The number of aryl methyl sites for hydroxylation is 1. The van der Waals surface area contributed by atoms with E-state index in [2.05, 4.69) is 5.10 Å². The van der Waals surface area contributed by atoms with Gasteiger partial charge in [0.2, 0.25) is 0 Å². The molecule has 0 N–H and O–H groups in total. The molecule has 0 aliphatic carbocycles. The largest absolute Gasteiger partial charge is 0.349 e. The summed E-state index contributed by atoms with van der Waals surface area (Å²) in [6, 6.07) is 13.3. The molecule has 0 saturated heterocycles. The fraction of sp³-hybridized carbons (Fsp3) is 0.0667. The lowest BCUT2D eigenvalue weighted by Gasteiger charge is -2.07. The van der Waals surface area contributed by atoms with Crippen LogP contribution in [0, 0.1) is 0 Å². The number of nitrogens with zero attached hydrogens (tertiary/aromatic N) is 3. The van der Waals surface area contributed by atoms with Crippen molar-refractivity contribution in [3.63, 3.8) is 0 Å². The van der Waals surface area contributed by atoms with Crippen LogP contribution in [0.2, 0.25) is 5.02 Å². The number of aromatic nitrogens is 3. The van der Waals surface area contributed by atoms with Crippen molar-refractivity contribution >= 4 is 38.9 Å². The van der Waals surface area contributed by atoms with E-state index in [4.69, 9.17) is 11.6 Å². The van der Waals surface area contributed by atoms with E-state index >= 15 is 0 Å². The summed E-state index contributed by atoms with van der Waals surface area (Å²) in [7, 11) is 1.74. The van der Waals surface area contributed by atoms with E-state index in [9.17, 15) is 4.79 Å². The van der Waals surface area contributed by atoms with Crippen LogP contribution in [0.15, 0.2) is 47.3 Å². The predicted octanol–water partition coefficient (Wildman–Crippen LogP) is 2.99. The van der Waals surface area contributed by atoms with Crippen LogP contribution in [0.4, 0.5) is 0 Å². The summed E-state index contributed by atoms with van der Waals surface area (Å²) < 4.78 is 3.04. The first kappa shape index (κ1) is 11.5. The van der Waals surface area contributed by atoms with Gasteiger partial charge in [0.15, 0.2) is 0 Å². The summed E-state index contributed by atoms with van der Waals surface area (Å²) in [6.45, 7) is 0. The number of fused-ring (bicyclic) bond motifs is 5. The van der Waals surface area contributed by atoms with Gasteiger partial charge in [-0.25, -0.2) is 4.79 Å². The molecule has 0 fully saturated rings. The summed E-state index contributed by atoms with van der Waals surface area (Å²) in [4.78, 5) is 12.4. The lowest BCUT2D eigenvalue weighted by molar-refractivity contribution is 0.778. The van der Waals surface area contributed by atoms with Gasteiger partial charge >= 0.3 is 5.69 Å². The van der Waals surface area contributed by atoms with E-state index in [0.717, 1.165) is 27.3 Å². The summed E-state index contributed by atoms with van der Waals surface area (Å²) in [5.41, 5.74) is 2.29. The molecule has 0 aliphatic heterocycles. The van der Waals surface area contributed by atoms with E-state index in [-0.39, 0.29) is 5.69 Å². The molecule has 0 unspecified atom stereocenters. The van der Waals surface area contributed by atoms with Crippen molar-refractivity contribution in [1.82, 2.24) is 14.2 Å². The zero-order valence-corrected chi connectivity index (χ0v) is 11.4. The van der Waals surface area contributed by atoms with Gasteiger partial charge in [-0.2, -0.15) is 9.61 Å². The SMILES string of the molecule is Cn1c(=O)n2nc3ccccc3c2c2cc(Cl)ccc21. The Kier molecular flexibility index (Phi) is 2.20. The van der Waals surface area contributed by atoms with Gasteiger partial charge in [0.1, 0.15) is 0 Å². The van der Waals surface area contributed by atoms with Crippen molar-refractivity contribution in [3.8, 4) is 0 Å². The Morgan fingerprint density at radius 3 is 2.75 bits per heavy atom. The first-order chi connectivity index (χ1) is 9.66. The molecular weight excluding hydrogens is 274 g/mol. The highest BCUT2D eigenvalue weighted by atomic mass is 35.5. The first-order valence-electron chi connectivity index (χ1n) is 6.22. The van der Waals surface area contributed by atoms with Crippen LogP contribution in [0.3, 0.4) is 0 Å². The van der Waals surface area contributed by atoms with Gasteiger partial charge in [0.05, 0.1) is 16.6 Å². The highest BCUT2D eigenvalue weighted by molar-refractivity contribution is 6.31. The van der Waals surface area contributed by atoms with Gasteiger partial charge in [-0.1, -0.05) is 29.8 Å². The molecule has 0 aliphatic rings. The zero-order chi connectivity index (χ0) is 13.9. The smallest absolute Gasteiger partial charge is 0.295 e. The monoisotopic (exact) mass is 283 g/mol. The maximum absolute atomic E-state index is 12.4. The highest BCUT2D eigenvalue weighted by Gasteiger charge is 2.13. The normalized spacial score (nSPS) is 11.7. The molecule has 20 heavy (non-hydrogen) atoms. The van der Waals surface area contributed by atoms with Crippen LogP contribution in [-0.2, 0) is 7.05 Å². The maximum atomic E-state index is 12.4. The van der Waals surface area contributed by atoms with Crippen molar-refractivity contribution in [2.24, 2.45) is 7.05 Å². The molecule has 98 valence electrons. The highest BCUT2D eigenvalue weighted by Crippen LogP contribution is 2.27. The van der Waals surface area contributed by atoms with Gasteiger partial charge in [-0.3, -0.25) is 4.57 Å². The van der Waals surface area contributed by atoms with Gasteiger partial charge in [0, 0.05) is 22.8 Å². The molecule has 5 heteroatoms. The summed E-state index contributed by atoms with van der Waals surface area (Å²) in [5, 5.41) is 6.92. The molecule has 4 aromatic rings. The van der Waals surface area contributed by atoms with Crippen LogP contribution in [0.1, 0.15) is 0 Å². The topological polar surface area (TPSA) is 39.3 Å². The molecule has 0 bridgehead atoms. The average Bonchev–Trinajstić information content (AvgIpc) is 2.84. The third-order valence-electron chi connectivity index (χ3n) is 3.62. The second kappa shape index (κ2) is 3.84. The quantitative estimate of drug-likeness (QED) is 0.498. The molecule has 0 saturated carbocycles. The standard InChI is InChI=1S/C15H10ClN3O/c1-18-13-7-6-9(16)8-11(13)14-10-4-2-3-5-12(10)17-19(14)15(18)20/h2-8H,1H3. The number of benzene rings is 2. The molecule has 2 heterocycles. The molecule has 2 aromatic carbocycles. The first-order valence-corrected chi connectivity index (χ1v) is 6.60. The third kappa shape index (κ3) is 1.37. The van der Waals surface area contributed by atoms with Crippen molar-refractivity contribution < 1.29 is 0 Å². The van der Waals surface area contributed by atoms with Crippen molar-refractivity contribution in [1.29, 1.82) is 0 Å². The van der Waals surface area contributed by atoms with Gasteiger partial charge in [-0.15, -0.1) is 0 Å². The van der Waals surface area contributed by atoms with Crippen LogP contribution in [-0.4, -0.2) is 14.2 Å². The summed E-state index contributed by atoms with van der Waals surface area (Å²) in [6.07, 6.45) is 0. The van der Waals surface area contributed by atoms with Gasteiger partial charge in [-0.05, 0) is 24.3 Å². The lowest BCUT2D eigenvalue weighted by Crippen LogP contribution is -2.25. The van der Waals surface area contributed by atoms with Gasteiger partial charge < -0.3 is 0 Å². The molecule has 0 atom stereocenters. The van der Waals surface area contributed by atoms with Gasteiger partial charge in [0.25, 0.3) is 0 Å². The van der Waals surface area contributed by atoms with Crippen LogP contribution < -0.4 is 5.69 Å². The average molecular weight is 284 g/mol. The Balaban J connectivity index is 2.45. The second-order valence-electron chi connectivity index (χ2n) is 4.78. The minimum atomic E-state index is -0.161. The molecule has 0 spiro atoms. The molecule has 0 radical (unpaired) electrons. The second-order valence-corrected chi connectivity index (χ2v) is 5.22. The molecular formula is C15H10ClN3O.